The van der Waals surface area contributed by atoms with E-state index in [0.29, 0.717) is 25.9 Å². The summed E-state index contributed by atoms with van der Waals surface area (Å²) in [5, 5.41) is 14.5. The van der Waals surface area contributed by atoms with E-state index in [0.717, 1.165) is 12.3 Å². The molecular formula is C24H25F3N4O3. The van der Waals surface area contributed by atoms with E-state index < -0.39 is 29.3 Å². The maximum atomic E-state index is 13.3. The zero-order valence-corrected chi connectivity index (χ0v) is 18.6. The Morgan fingerprint density at radius 3 is 2.76 bits per heavy atom. The van der Waals surface area contributed by atoms with Crippen molar-refractivity contribution in [3.8, 4) is 0 Å². The molecule has 2 N–H and O–H groups in total. The molecule has 1 amide bonds. The number of hydrogen-bond donors (Lipinski definition) is 2. The number of carbonyl (C=O) groups excluding carboxylic acids is 1. The van der Waals surface area contributed by atoms with Gasteiger partial charge in [-0.3, -0.25) is 4.79 Å². The molecule has 7 nitrogen and oxygen atoms in total. The topological polar surface area (TPSA) is 79.1 Å². The van der Waals surface area contributed by atoms with Gasteiger partial charge in [-0.25, -0.2) is 4.98 Å². The van der Waals surface area contributed by atoms with E-state index in [4.69, 9.17) is 4.74 Å². The lowest BCUT2D eigenvalue weighted by atomic mass is 9.76. The fourth-order valence-corrected chi connectivity index (χ4v) is 5.00. The molecule has 2 aliphatic rings. The van der Waals surface area contributed by atoms with Crippen LogP contribution in [-0.4, -0.2) is 57.1 Å². The van der Waals surface area contributed by atoms with Crippen LogP contribution in [0.25, 0.3) is 5.65 Å². The van der Waals surface area contributed by atoms with Gasteiger partial charge in [0, 0.05) is 44.7 Å². The first-order valence-corrected chi connectivity index (χ1v) is 11.1. The highest BCUT2D eigenvalue weighted by Crippen LogP contribution is 2.33. The van der Waals surface area contributed by atoms with E-state index >= 15 is 0 Å². The number of aliphatic hydroxyl groups is 1. The average molecular weight is 474 g/mol. The third kappa shape index (κ3) is 3.95. The summed E-state index contributed by atoms with van der Waals surface area (Å²) in [4.78, 5) is 19.0. The van der Waals surface area contributed by atoms with Crippen molar-refractivity contribution in [3.05, 3.63) is 70.7 Å². The van der Waals surface area contributed by atoms with Crippen molar-refractivity contribution in [1.29, 1.82) is 0 Å². The average Bonchev–Trinajstić information content (AvgIpc) is 3.25. The SMILES string of the molecule is COCc1cc(C(F)(F)F)cn2cc(C(=O)N3CC[C@]4(Cc5ccccc5CN4)[C@H](O)C3)nc12. The van der Waals surface area contributed by atoms with Crippen LogP contribution in [-0.2, 0) is 30.5 Å². The number of amides is 1. The Hall–Kier alpha value is -2.95. The Morgan fingerprint density at radius 2 is 2.06 bits per heavy atom. The van der Waals surface area contributed by atoms with Crippen LogP contribution in [0.1, 0.15) is 39.2 Å². The summed E-state index contributed by atoms with van der Waals surface area (Å²) < 4.78 is 46.2. The molecule has 1 aromatic carbocycles. The predicted molar refractivity (Wildman–Crippen MR) is 117 cm³/mol. The third-order valence-electron chi connectivity index (χ3n) is 6.88. The number of ether oxygens (including phenoxy) is 1. The minimum absolute atomic E-state index is 0.0294. The zero-order valence-electron chi connectivity index (χ0n) is 18.6. The van der Waals surface area contributed by atoms with Crippen molar-refractivity contribution < 1.29 is 27.8 Å². The Morgan fingerprint density at radius 1 is 1.29 bits per heavy atom. The smallest absolute Gasteiger partial charge is 0.389 e. The van der Waals surface area contributed by atoms with Gasteiger partial charge in [0.2, 0.25) is 0 Å². The maximum Gasteiger partial charge on any atom is 0.417 e. The fraction of sp³-hybridized carbons (Fsp3) is 0.417. The Kier molecular flexibility index (Phi) is 5.62. The lowest BCUT2D eigenvalue weighted by Gasteiger charge is -2.48. The second-order valence-corrected chi connectivity index (χ2v) is 9.01. The summed E-state index contributed by atoms with van der Waals surface area (Å²) in [6.07, 6.45) is -1.89. The molecule has 34 heavy (non-hydrogen) atoms. The molecule has 1 spiro atoms. The van der Waals surface area contributed by atoms with E-state index in [1.807, 2.05) is 12.1 Å². The van der Waals surface area contributed by atoms with Gasteiger partial charge in [-0.15, -0.1) is 0 Å². The summed E-state index contributed by atoms with van der Waals surface area (Å²) in [5.74, 6) is -0.425. The quantitative estimate of drug-likeness (QED) is 0.611. The molecule has 0 radical (unpaired) electrons. The van der Waals surface area contributed by atoms with Crippen molar-refractivity contribution in [2.75, 3.05) is 20.2 Å². The number of pyridine rings is 1. The van der Waals surface area contributed by atoms with Crippen LogP contribution >= 0.6 is 0 Å². The molecule has 2 aliphatic heterocycles. The van der Waals surface area contributed by atoms with Crippen molar-refractivity contribution in [2.45, 2.75) is 43.8 Å². The molecule has 3 aromatic rings. The van der Waals surface area contributed by atoms with E-state index in [1.54, 1.807) is 0 Å². The number of methoxy groups -OCH3 is 1. The number of benzene rings is 1. The predicted octanol–water partition coefficient (Wildman–Crippen LogP) is 2.79. The number of aliphatic hydroxyl groups excluding tert-OH is 1. The van der Waals surface area contributed by atoms with Crippen LogP contribution in [0.3, 0.4) is 0 Å². The van der Waals surface area contributed by atoms with Gasteiger partial charge in [-0.2, -0.15) is 13.2 Å². The maximum absolute atomic E-state index is 13.3. The first-order valence-electron chi connectivity index (χ1n) is 11.1. The largest absolute Gasteiger partial charge is 0.417 e. The summed E-state index contributed by atoms with van der Waals surface area (Å²) >= 11 is 0. The van der Waals surface area contributed by atoms with Gasteiger partial charge in [-0.05, 0) is 30.0 Å². The Bertz CT molecular complexity index is 1240. The number of carbonyl (C=O) groups is 1. The van der Waals surface area contributed by atoms with E-state index in [2.05, 4.69) is 22.4 Å². The van der Waals surface area contributed by atoms with Crippen molar-refractivity contribution >= 4 is 11.6 Å². The highest BCUT2D eigenvalue weighted by atomic mass is 19.4. The summed E-state index contributed by atoms with van der Waals surface area (Å²) in [5.41, 5.74) is 1.53. The lowest BCUT2D eigenvalue weighted by molar-refractivity contribution is -0.138. The van der Waals surface area contributed by atoms with Gasteiger partial charge in [0.25, 0.3) is 5.91 Å². The fourth-order valence-electron chi connectivity index (χ4n) is 5.00. The van der Waals surface area contributed by atoms with Crippen LogP contribution in [0.15, 0.2) is 42.7 Å². The third-order valence-corrected chi connectivity index (χ3v) is 6.88. The molecule has 5 rings (SSSR count). The van der Waals surface area contributed by atoms with Gasteiger partial charge in [-0.1, -0.05) is 24.3 Å². The van der Waals surface area contributed by atoms with E-state index in [1.165, 1.54) is 33.7 Å². The molecule has 0 saturated carbocycles. The number of nitrogens with zero attached hydrogens (tertiary/aromatic N) is 3. The first-order chi connectivity index (χ1) is 16.2. The highest BCUT2D eigenvalue weighted by molar-refractivity contribution is 5.93. The number of fused-ring (bicyclic) bond motifs is 2. The second kappa shape index (κ2) is 8.37. The van der Waals surface area contributed by atoms with Gasteiger partial charge >= 0.3 is 6.18 Å². The van der Waals surface area contributed by atoms with Gasteiger partial charge in [0.1, 0.15) is 11.3 Å². The molecule has 1 saturated heterocycles. The van der Waals surface area contributed by atoms with Gasteiger partial charge < -0.3 is 24.5 Å². The number of β-amino-alcohol motifs (C(OH)–C–C–N with tert-alkyl or cyclic N) is 1. The standard InChI is InChI=1S/C24H25F3N4O3/c1-34-14-17-8-18(24(25,26)27)11-31-12-19(29-21(17)31)22(33)30-7-6-23(20(32)13-30)9-15-4-2-3-5-16(15)10-28-23/h2-5,8,11-12,20,28,32H,6-7,9-10,13-14H2,1H3/t20-,23+/m1/s1. The van der Waals surface area contributed by atoms with Crippen LogP contribution in [0.4, 0.5) is 13.2 Å². The number of aromatic nitrogens is 2. The molecule has 4 heterocycles. The van der Waals surface area contributed by atoms with Gasteiger partial charge in [0.05, 0.1) is 23.8 Å². The van der Waals surface area contributed by atoms with Crippen molar-refractivity contribution in [1.82, 2.24) is 19.6 Å². The minimum Gasteiger partial charge on any atom is -0.389 e. The lowest BCUT2D eigenvalue weighted by Crippen LogP contribution is -2.65. The van der Waals surface area contributed by atoms with Gasteiger partial charge in [0.15, 0.2) is 0 Å². The molecule has 0 bridgehead atoms. The number of rotatable bonds is 3. The number of alkyl halides is 3. The van der Waals surface area contributed by atoms with Crippen LogP contribution in [0, 0.1) is 0 Å². The second-order valence-electron chi connectivity index (χ2n) is 9.01. The number of halogens is 3. The van der Waals surface area contributed by atoms with E-state index in [9.17, 15) is 23.1 Å². The van der Waals surface area contributed by atoms with E-state index in [-0.39, 0.29) is 30.1 Å². The van der Waals surface area contributed by atoms with Crippen molar-refractivity contribution in [3.63, 3.8) is 0 Å². The van der Waals surface area contributed by atoms with Crippen LogP contribution < -0.4 is 5.32 Å². The number of imidazole rings is 1. The molecule has 10 heteroatoms. The monoisotopic (exact) mass is 474 g/mol. The Balaban J connectivity index is 1.38. The number of hydrogen-bond acceptors (Lipinski definition) is 5. The minimum atomic E-state index is -4.54. The highest BCUT2D eigenvalue weighted by Gasteiger charge is 2.45. The zero-order chi connectivity index (χ0) is 24.1. The molecule has 2 aromatic heterocycles. The van der Waals surface area contributed by atoms with Crippen LogP contribution in [0.2, 0.25) is 0 Å². The summed E-state index contributed by atoms with van der Waals surface area (Å²) in [6, 6.07) is 9.08. The molecule has 180 valence electrons. The number of nitrogens with one attached hydrogen (secondary N) is 1. The van der Waals surface area contributed by atoms with Crippen molar-refractivity contribution in [2.24, 2.45) is 0 Å². The number of likely N-dealkylation sites (tertiary alicyclic amines) is 1. The summed E-state index contributed by atoms with van der Waals surface area (Å²) in [6.45, 7) is 1.09. The molecule has 2 atom stereocenters. The molecule has 0 aliphatic carbocycles. The molecule has 1 fully saturated rings. The first kappa shape index (κ1) is 22.8. The summed E-state index contributed by atoms with van der Waals surface area (Å²) in [7, 11) is 1.38. The normalized spacial score (nSPS) is 22.9. The number of piperidine rings is 1. The molecule has 0 unspecified atom stereocenters. The molecular weight excluding hydrogens is 449 g/mol. The Labute approximate surface area is 194 Å². The van der Waals surface area contributed by atoms with Crippen LogP contribution in [0.5, 0.6) is 0 Å².